The summed E-state index contributed by atoms with van der Waals surface area (Å²) >= 11 is 0. The van der Waals surface area contributed by atoms with Crippen molar-refractivity contribution in [2.45, 2.75) is 19.4 Å². The minimum absolute atomic E-state index is 0.345. The van der Waals surface area contributed by atoms with Gasteiger partial charge in [-0.15, -0.1) is 0 Å². The zero-order valence-electron chi connectivity index (χ0n) is 13.6. The predicted octanol–water partition coefficient (Wildman–Crippen LogP) is 3.05. The van der Waals surface area contributed by atoms with Crippen molar-refractivity contribution in [3.05, 3.63) is 65.7 Å². The van der Waals surface area contributed by atoms with Crippen molar-refractivity contribution in [1.29, 1.82) is 0 Å². The summed E-state index contributed by atoms with van der Waals surface area (Å²) in [6.07, 6.45) is 2.42. The molecule has 1 heterocycles. The van der Waals surface area contributed by atoms with E-state index in [1.165, 1.54) is 25.1 Å². The number of phenols is 1. The van der Waals surface area contributed by atoms with Crippen LogP contribution in [0.15, 0.2) is 54.6 Å². The first-order valence-corrected chi connectivity index (χ1v) is 8.54. The number of hydrogen-bond donors (Lipinski definition) is 2. The van der Waals surface area contributed by atoms with Crippen LogP contribution in [0.4, 0.5) is 0 Å². The van der Waals surface area contributed by atoms with E-state index >= 15 is 0 Å². The molecule has 3 nitrogen and oxygen atoms in total. The molecule has 0 radical (unpaired) electrons. The average molecular weight is 310 g/mol. The maximum Gasteiger partial charge on any atom is 0.115 e. The van der Waals surface area contributed by atoms with E-state index in [-0.39, 0.29) is 0 Å². The van der Waals surface area contributed by atoms with Crippen molar-refractivity contribution in [3.8, 4) is 5.75 Å². The van der Waals surface area contributed by atoms with E-state index in [1.807, 2.05) is 18.2 Å². The fourth-order valence-corrected chi connectivity index (χ4v) is 3.30. The standard InChI is InChI=1S/C20H26N2O/c23-20-8-4-7-18(13-20)14-21-15-19-10-12-22(16-19)11-9-17-5-2-1-3-6-17/h1-8,13,19,21,23H,9-12,14-16H2/t19-/m1/s1. The smallest absolute Gasteiger partial charge is 0.115 e. The third-order valence-electron chi connectivity index (χ3n) is 4.60. The molecule has 0 bridgehead atoms. The van der Waals surface area contributed by atoms with Crippen LogP contribution in [-0.2, 0) is 13.0 Å². The van der Waals surface area contributed by atoms with Gasteiger partial charge in [0.1, 0.15) is 5.75 Å². The summed E-state index contributed by atoms with van der Waals surface area (Å²) < 4.78 is 0. The van der Waals surface area contributed by atoms with Crippen molar-refractivity contribution >= 4 is 0 Å². The van der Waals surface area contributed by atoms with E-state index in [9.17, 15) is 5.11 Å². The molecule has 0 aromatic heterocycles. The first-order valence-electron chi connectivity index (χ1n) is 8.54. The molecule has 0 spiro atoms. The first kappa shape index (κ1) is 16.0. The summed E-state index contributed by atoms with van der Waals surface area (Å²) in [7, 11) is 0. The third kappa shape index (κ3) is 5.08. The minimum Gasteiger partial charge on any atom is -0.508 e. The number of likely N-dealkylation sites (tertiary alicyclic amines) is 1. The number of phenolic OH excluding ortho intramolecular Hbond substituents is 1. The van der Waals surface area contributed by atoms with Crippen LogP contribution in [0.1, 0.15) is 17.5 Å². The molecule has 2 N–H and O–H groups in total. The number of rotatable bonds is 7. The Labute approximate surface area is 139 Å². The Bertz CT molecular complexity index is 600. The molecule has 0 saturated carbocycles. The lowest BCUT2D eigenvalue weighted by molar-refractivity contribution is 0.325. The van der Waals surface area contributed by atoms with E-state index in [0.29, 0.717) is 5.75 Å². The van der Waals surface area contributed by atoms with Gasteiger partial charge in [0.25, 0.3) is 0 Å². The van der Waals surface area contributed by atoms with Gasteiger partial charge in [0.15, 0.2) is 0 Å². The molecule has 0 aliphatic carbocycles. The lowest BCUT2D eigenvalue weighted by atomic mass is 10.1. The van der Waals surface area contributed by atoms with Crippen LogP contribution in [-0.4, -0.2) is 36.2 Å². The summed E-state index contributed by atoms with van der Waals surface area (Å²) in [4.78, 5) is 2.58. The molecule has 23 heavy (non-hydrogen) atoms. The number of hydrogen-bond acceptors (Lipinski definition) is 3. The van der Waals surface area contributed by atoms with E-state index in [0.717, 1.165) is 37.5 Å². The number of aromatic hydroxyl groups is 1. The van der Waals surface area contributed by atoms with Gasteiger partial charge in [-0.3, -0.25) is 0 Å². The molecule has 2 aromatic carbocycles. The Kier molecular flexibility index (Phi) is 5.67. The highest BCUT2D eigenvalue weighted by molar-refractivity contribution is 5.26. The highest BCUT2D eigenvalue weighted by Crippen LogP contribution is 2.16. The Morgan fingerprint density at radius 1 is 1.04 bits per heavy atom. The van der Waals surface area contributed by atoms with Gasteiger partial charge in [-0.1, -0.05) is 42.5 Å². The van der Waals surface area contributed by atoms with Crippen LogP contribution < -0.4 is 5.32 Å². The van der Waals surface area contributed by atoms with Crippen molar-refractivity contribution in [2.24, 2.45) is 5.92 Å². The Morgan fingerprint density at radius 3 is 2.70 bits per heavy atom. The van der Waals surface area contributed by atoms with Crippen molar-refractivity contribution in [1.82, 2.24) is 10.2 Å². The second-order valence-corrected chi connectivity index (χ2v) is 6.49. The molecule has 122 valence electrons. The summed E-state index contributed by atoms with van der Waals surface area (Å²) in [6.45, 7) is 5.45. The fourth-order valence-electron chi connectivity index (χ4n) is 3.30. The highest BCUT2D eigenvalue weighted by Gasteiger charge is 2.21. The molecule has 0 amide bonds. The van der Waals surface area contributed by atoms with Gasteiger partial charge in [0.05, 0.1) is 0 Å². The largest absolute Gasteiger partial charge is 0.508 e. The van der Waals surface area contributed by atoms with Gasteiger partial charge in [-0.05, 0) is 55.1 Å². The number of nitrogens with one attached hydrogen (secondary N) is 1. The van der Waals surface area contributed by atoms with Crippen LogP contribution in [0, 0.1) is 5.92 Å². The molecule has 1 saturated heterocycles. The molecule has 1 aliphatic rings. The number of nitrogens with zero attached hydrogens (tertiary/aromatic N) is 1. The Hall–Kier alpha value is -1.84. The van der Waals surface area contributed by atoms with Crippen LogP contribution >= 0.6 is 0 Å². The molecule has 0 unspecified atom stereocenters. The average Bonchev–Trinajstić information content (AvgIpc) is 3.02. The lowest BCUT2D eigenvalue weighted by Crippen LogP contribution is -2.27. The molecular formula is C20H26N2O. The topological polar surface area (TPSA) is 35.5 Å². The van der Waals surface area contributed by atoms with E-state index in [4.69, 9.17) is 0 Å². The molecule has 2 aromatic rings. The van der Waals surface area contributed by atoms with Crippen LogP contribution in [0.3, 0.4) is 0 Å². The Balaban J connectivity index is 1.35. The maximum absolute atomic E-state index is 9.48. The van der Waals surface area contributed by atoms with Crippen molar-refractivity contribution in [3.63, 3.8) is 0 Å². The third-order valence-corrected chi connectivity index (χ3v) is 4.60. The van der Waals surface area contributed by atoms with Gasteiger partial charge in [0.2, 0.25) is 0 Å². The second kappa shape index (κ2) is 8.14. The first-order chi connectivity index (χ1) is 11.3. The Morgan fingerprint density at radius 2 is 1.87 bits per heavy atom. The summed E-state index contributed by atoms with van der Waals surface area (Å²) in [5.74, 6) is 1.08. The zero-order chi connectivity index (χ0) is 15.9. The summed E-state index contributed by atoms with van der Waals surface area (Å²) in [5.41, 5.74) is 2.57. The van der Waals surface area contributed by atoms with Gasteiger partial charge >= 0.3 is 0 Å². The van der Waals surface area contributed by atoms with Gasteiger partial charge in [0, 0.05) is 19.6 Å². The van der Waals surface area contributed by atoms with Gasteiger partial charge in [-0.2, -0.15) is 0 Å². The second-order valence-electron chi connectivity index (χ2n) is 6.49. The van der Waals surface area contributed by atoms with Crippen LogP contribution in [0.5, 0.6) is 5.75 Å². The van der Waals surface area contributed by atoms with E-state index in [1.54, 1.807) is 6.07 Å². The monoisotopic (exact) mass is 310 g/mol. The van der Waals surface area contributed by atoms with Crippen molar-refractivity contribution < 1.29 is 5.11 Å². The van der Waals surface area contributed by atoms with E-state index < -0.39 is 0 Å². The molecule has 3 heteroatoms. The van der Waals surface area contributed by atoms with Crippen LogP contribution in [0.25, 0.3) is 0 Å². The SMILES string of the molecule is Oc1cccc(CNC[C@H]2CCN(CCc3ccccc3)C2)c1. The maximum atomic E-state index is 9.48. The van der Waals surface area contributed by atoms with E-state index in [2.05, 4.69) is 40.5 Å². The number of benzene rings is 2. The summed E-state index contributed by atoms with van der Waals surface area (Å²) in [6, 6.07) is 18.2. The van der Waals surface area contributed by atoms with Crippen LogP contribution in [0.2, 0.25) is 0 Å². The molecule has 1 aliphatic heterocycles. The summed E-state index contributed by atoms with van der Waals surface area (Å²) in [5, 5.41) is 13.0. The predicted molar refractivity (Wildman–Crippen MR) is 94.5 cm³/mol. The normalized spacial score (nSPS) is 18.3. The van der Waals surface area contributed by atoms with Crippen molar-refractivity contribution in [2.75, 3.05) is 26.2 Å². The zero-order valence-corrected chi connectivity index (χ0v) is 13.6. The lowest BCUT2D eigenvalue weighted by Gasteiger charge is -2.16. The quantitative estimate of drug-likeness (QED) is 0.825. The van der Waals surface area contributed by atoms with Gasteiger partial charge < -0.3 is 15.3 Å². The molecule has 1 atom stereocenters. The minimum atomic E-state index is 0.345. The van der Waals surface area contributed by atoms with Gasteiger partial charge in [-0.25, -0.2) is 0 Å². The fraction of sp³-hybridized carbons (Fsp3) is 0.400. The molecule has 3 rings (SSSR count). The molecular weight excluding hydrogens is 284 g/mol. The molecule has 1 fully saturated rings. The highest BCUT2D eigenvalue weighted by atomic mass is 16.3.